The summed E-state index contributed by atoms with van der Waals surface area (Å²) >= 11 is 0. The molecule has 1 N–H and O–H groups in total. The summed E-state index contributed by atoms with van der Waals surface area (Å²) in [6.07, 6.45) is 2.44. The van der Waals surface area contributed by atoms with Crippen LogP contribution in [0.25, 0.3) is 11.1 Å². The molecule has 1 saturated heterocycles. The van der Waals surface area contributed by atoms with E-state index < -0.39 is 0 Å². The largest absolute Gasteiger partial charge is 0.378 e. The van der Waals surface area contributed by atoms with Crippen LogP contribution in [-0.2, 0) is 9.53 Å². The first kappa shape index (κ1) is 17.0. The van der Waals surface area contributed by atoms with E-state index in [1.165, 1.54) is 0 Å². The number of carbonyl (C=O) groups is 2. The summed E-state index contributed by atoms with van der Waals surface area (Å²) in [5, 5.41) is 7.43. The van der Waals surface area contributed by atoms with Crippen LogP contribution < -0.4 is 5.32 Å². The quantitative estimate of drug-likeness (QED) is 0.867. The van der Waals surface area contributed by atoms with E-state index in [4.69, 9.17) is 9.26 Å². The number of hydrogen-bond acceptors (Lipinski definition) is 6. The third-order valence-corrected chi connectivity index (χ3v) is 4.87. The van der Waals surface area contributed by atoms with Crippen LogP contribution in [-0.4, -0.2) is 59.7 Å². The van der Waals surface area contributed by atoms with Crippen molar-refractivity contribution in [3.05, 3.63) is 23.0 Å². The summed E-state index contributed by atoms with van der Waals surface area (Å²) < 4.78 is 10.5. The average molecular weight is 358 g/mol. The predicted molar refractivity (Wildman–Crippen MR) is 92.9 cm³/mol. The van der Waals surface area contributed by atoms with Gasteiger partial charge in [0.2, 0.25) is 5.91 Å². The molecule has 1 aliphatic carbocycles. The van der Waals surface area contributed by atoms with Gasteiger partial charge in [-0.1, -0.05) is 5.16 Å². The van der Waals surface area contributed by atoms with E-state index in [-0.39, 0.29) is 18.2 Å². The van der Waals surface area contributed by atoms with Gasteiger partial charge in [0.15, 0.2) is 0 Å². The zero-order valence-electron chi connectivity index (χ0n) is 14.8. The SMILES string of the molecule is Cc1noc2nc(C3CC3)cc(C(=O)NCCC(=O)N3CCOCC3)c12. The number of morpholine rings is 1. The zero-order chi connectivity index (χ0) is 18.1. The molecule has 0 atom stereocenters. The molecular formula is C18H22N4O4. The molecular weight excluding hydrogens is 336 g/mol. The van der Waals surface area contributed by atoms with E-state index in [9.17, 15) is 9.59 Å². The molecule has 2 fully saturated rings. The molecule has 0 bridgehead atoms. The van der Waals surface area contributed by atoms with E-state index in [1.807, 2.05) is 6.07 Å². The summed E-state index contributed by atoms with van der Waals surface area (Å²) in [6.45, 7) is 4.46. The molecule has 0 spiro atoms. The molecule has 2 amide bonds. The van der Waals surface area contributed by atoms with Gasteiger partial charge in [-0.05, 0) is 25.8 Å². The monoisotopic (exact) mass is 358 g/mol. The lowest BCUT2D eigenvalue weighted by Crippen LogP contribution is -2.42. The highest BCUT2D eigenvalue weighted by Crippen LogP contribution is 2.40. The summed E-state index contributed by atoms with van der Waals surface area (Å²) in [4.78, 5) is 31.1. The maximum Gasteiger partial charge on any atom is 0.259 e. The fraction of sp³-hybridized carbons (Fsp3) is 0.556. The van der Waals surface area contributed by atoms with E-state index in [2.05, 4.69) is 15.5 Å². The Hall–Kier alpha value is -2.48. The smallest absolute Gasteiger partial charge is 0.259 e. The van der Waals surface area contributed by atoms with Crippen molar-refractivity contribution in [2.75, 3.05) is 32.8 Å². The Morgan fingerprint density at radius 3 is 2.81 bits per heavy atom. The zero-order valence-corrected chi connectivity index (χ0v) is 14.8. The van der Waals surface area contributed by atoms with E-state index in [0.29, 0.717) is 61.1 Å². The van der Waals surface area contributed by atoms with Gasteiger partial charge in [0, 0.05) is 37.7 Å². The second-order valence-corrected chi connectivity index (χ2v) is 6.82. The lowest BCUT2D eigenvalue weighted by Gasteiger charge is -2.26. The summed E-state index contributed by atoms with van der Waals surface area (Å²) in [7, 11) is 0. The number of nitrogens with zero attached hydrogens (tertiary/aromatic N) is 3. The first-order valence-corrected chi connectivity index (χ1v) is 9.04. The molecule has 3 heterocycles. The number of ether oxygens (including phenoxy) is 1. The minimum Gasteiger partial charge on any atom is -0.378 e. The van der Waals surface area contributed by atoms with Crippen molar-refractivity contribution >= 4 is 22.9 Å². The van der Waals surface area contributed by atoms with Gasteiger partial charge in [0.25, 0.3) is 11.6 Å². The highest BCUT2D eigenvalue weighted by molar-refractivity contribution is 6.06. The molecule has 8 nitrogen and oxygen atoms in total. The normalized spacial score (nSPS) is 17.5. The lowest BCUT2D eigenvalue weighted by atomic mass is 10.1. The molecule has 1 saturated carbocycles. The van der Waals surface area contributed by atoms with Gasteiger partial charge in [0.1, 0.15) is 0 Å². The second-order valence-electron chi connectivity index (χ2n) is 6.82. The van der Waals surface area contributed by atoms with Crippen LogP contribution in [0.1, 0.15) is 46.9 Å². The van der Waals surface area contributed by atoms with Gasteiger partial charge >= 0.3 is 0 Å². The number of carbonyl (C=O) groups excluding carboxylic acids is 2. The van der Waals surface area contributed by atoms with Crippen molar-refractivity contribution in [2.45, 2.75) is 32.1 Å². The first-order chi connectivity index (χ1) is 12.6. The predicted octanol–water partition coefficient (Wildman–Crippen LogP) is 1.39. The third-order valence-electron chi connectivity index (χ3n) is 4.87. The molecule has 0 aromatic carbocycles. The van der Waals surface area contributed by atoms with Gasteiger partial charge < -0.3 is 19.5 Å². The Bertz CT molecular complexity index is 837. The fourth-order valence-electron chi connectivity index (χ4n) is 3.23. The molecule has 2 aromatic rings. The molecule has 138 valence electrons. The number of fused-ring (bicyclic) bond motifs is 1. The highest BCUT2D eigenvalue weighted by Gasteiger charge is 2.28. The number of pyridine rings is 1. The van der Waals surface area contributed by atoms with Crippen molar-refractivity contribution in [3.8, 4) is 0 Å². The van der Waals surface area contributed by atoms with Crippen LogP contribution >= 0.6 is 0 Å². The highest BCUT2D eigenvalue weighted by atomic mass is 16.5. The van der Waals surface area contributed by atoms with Crippen molar-refractivity contribution in [3.63, 3.8) is 0 Å². The number of aromatic nitrogens is 2. The van der Waals surface area contributed by atoms with Crippen molar-refractivity contribution < 1.29 is 18.8 Å². The minimum absolute atomic E-state index is 0.0355. The maximum absolute atomic E-state index is 12.7. The number of amides is 2. The Morgan fingerprint density at radius 1 is 1.31 bits per heavy atom. The second kappa shape index (κ2) is 7.03. The number of nitrogens with one attached hydrogen (secondary N) is 1. The molecule has 8 heteroatoms. The molecule has 26 heavy (non-hydrogen) atoms. The first-order valence-electron chi connectivity index (χ1n) is 9.04. The molecule has 1 aliphatic heterocycles. The molecule has 0 unspecified atom stereocenters. The summed E-state index contributed by atoms with van der Waals surface area (Å²) in [5.74, 6) is 0.216. The van der Waals surface area contributed by atoms with Gasteiger partial charge in [-0.15, -0.1) is 0 Å². The molecule has 2 aliphatic rings. The van der Waals surface area contributed by atoms with Gasteiger partial charge in [0.05, 0.1) is 29.9 Å². The van der Waals surface area contributed by atoms with E-state index in [1.54, 1.807) is 11.8 Å². The Balaban J connectivity index is 1.44. The van der Waals surface area contributed by atoms with Crippen LogP contribution in [0.15, 0.2) is 10.6 Å². The van der Waals surface area contributed by atoms with Crippen LogP contribution in [0.4, 0.5) is 0 Å². The maximum atomic E-state index is 12.7. The fourth-order valence-corrected chi connectivity index (χ4v) is 3.23. The number of hydrogen-bond donors (Lipinski definition) is 1. The lowest BCUT2D eigenvalue weighted by molar-refractivity contribution is -0.135. The minimum atomic E-state index is -0.222. The third kappa shape index (κ3) is 3.41. The van der Waals surface area contributed by atoms with Crippen LogP contribution in [0, 0.1) is 6.92 Å². The standard InChI is InChI=1S/C18H22N4O4/c1-11-16-13(10-14(12-2-3-12)20-18(16)26-21-11)17(24)19-5-4-15(23)22-6-8-25-9-7-22/h10,12H,2-9H2,1H3,(H,19,24). The Kier molecular flexibility index (Phi) is 4.58. The molecule has 4 rings (SSSR count). The Morgan fingerprint density at radius 2 is 2.08 bits per heavy atom. The Labute approximate surface area is 150 Å². The molecule has 0 radical (unpaired) electrons. The van der Waals surface area contributed by atoms with Gasteiger partial charge in [-0.3, -0.25) is 9.59 Å². The summed E-state index contributed by atoms with van der Waals surface area (Å²) in [5.41, 5.74) is 2.45. The van der Waals surface area contributed by atoms with E-state index in [0.717, 1.165) is 18.5 Å². The van der Waals surface area contributed by atoms with Crippen LogP contribution in [0.5, 0.6) is 0 Å². The number of rotatable bonds is 5. The molecule has 2 aromatic heterocycles. The van der Waals surface area contributed by atoms with E-state index >= 15 is 0 Å². The number of aryl methyl sites for hydroxylation is 1. The van der Waals surface area contributed by atoms with Gasteiger partial charge in [-0.25, -0.2) is 4.98 Å². The van der Waals surface area contributed by atoms with Crippen molar-refractivity contribution in [1.82, 2.24) is 20.4 Å². The van der Waals surface area contributed by atoms with Crippen LogP contribution in [0.2, 0.25) is 0 Å². The van der Waals surface area contributed by atoms with Crippen molar-refractivity contribution in [1.29, 1.82) is 0 Å². The van der Waals surface area contributed by atoms with Crippen LogP contribution in [0.3, 0.4) is 0 Å². The summed E-state index contributed by atoms with van der Waals surface area (Å²) in [6, 6.07) is 1.84. The van der Waals surface area contributed by atoms with Crippen molar-refractivity contribution in [2.24, 2.45) is 0 Å². The average Bonchev–Trinajstić information content (AvgIpc) is 3.45. The van der Waals surface area contributed by atoms with Gasteiger partial charge in [-0.2, -0.15) is 0 Å². The topological polar surface area (TPSA) is 97.6 Å².